The number of primary amides is 1. The molecule has 0 spiro atoms. The highest BCUT2D eigenvalue weighted by Crippen LogP contribution is 2.21. The molecule has 1 amide bonds. The van der Waals surface area contributed by atoms with Crippen LogP contribution in [0.25, 0.3) is 0 Å². The van der Waals surface area contributed by atoms with E-state index in [-0.39, 0.29) is 5.92 Å². The van der Waals surface area contributed by atoms with Crippen molar-refractivity contribution < 1.29 is 4.79 Å². The van der Waals surface area contributed by atoms with Crippen LogP contribution < -0.4 is 5.73 Å². The predicted molar refractivity (Wildman–Crippen MR) is 43.6 cm³/mol. The van der Waals surface area contributed by atoms with Crippen LogP contribution >= 0.6 is 0 Å². The van der Waals surface area contributed by atoms with Crippen LogP contribution in [-0.4, -0.2) is 23.9 Å². The topological polar surface area (TPSA) is 70.1 Å². The van der Waals surface area contributed by atoms with Crippen LogP contribution in [-0.2, 0) is 4.79 Å². The number of nitrogens with two attached hydrogens (primary N) is 1. The van der Waals surface area contributed by atoms with Crippen molar-refractivity contribution in [3.05, 3.63) is 12.2 Å². The Hall–Kier alpha value is -1.50. The summed E-state index contributed by atoms with van der Waals surface area (Å²) in [6.07, 6.45) is 2.83. The van der Waals surface area contributed by atoms with E-state index in [1.807, 2.05) is 6.19 Å². The Bertz CT molecular complexity index is 254. The standard InChI is InChI=1S/C8H11N3O/c1-6(8(10)12)7-2-3-11(4-7)5-9/h7H,1-4H2,(H2,10,12)/t7-/m0/s1. The predicted octanol–water partition coefficient (Wildman–Crippen LogP) is -0.169. The first-order valence-corrected chi connectivity index (χ1v) is 3.78. The van der Waals surface area contributed by atoms with Crippen molar-refractivity contribution in [1.82, 2.24) is 4.90 Å². The number of hydrogen-bond acceptors (Lipinski definition) is 3. The van der Waals surface area contributed by atoms with E-state index in [4.69, 9.17) is 11.0 Å². The van der Waals surface area contributed by atoms with Gasteiger partial charge >= 0.3 is 0 Å². The Labute approximate surface area is 71.3 Å². The third kappa shape index (κ3) is 1.56. The van der Waals surface area contributed by atoms with Crippen molar-refractivity contribution in [3.8, 4) is 6.19 Å². The van der Waals surface area contributed by atoms with Crippen molar-refractivity contribution in [1.29, 1.82) is 5.26 Å². The van der Waals surface area contributed by atoms with Gasteiger partial charge < -0.3 is 10.6 Å². The molecule has 4 nitrogen and oxygen atoms in total. The van der Waals surface area contributed by atoms with Crippen molar-refractivity contribution in [2.45, 2.75) is 6.42 Å². The lowest BCUT2D eigenvalue weighted by Crippen LogP contribution is -2.22. The quantitative estimate of drug-likeness (QED) is 0.456. The average Bonchev–Trinajstić information content (AvgIpc) is 2.50. The second kappa shape index (κ2) is 3.26. The molecule has 0 aromatic carbocycles. The molecular weight excluding hydrogens is 154 g/mol. The monoisotopic (exact) mass is 165 g/mol. The maximum atomic E-state index is 10.7. The first-order chi connectivity index (χ1) is 5.65. The molecule has 1 heterocycles. The number of nitrogens with zero attached hydrogens (tertiary/aromatic N) is 2. The normalized spacial score (nSPS) is 21.9. The van der Waals surface area contributed by atoms with E-state index >= 15 is 0 Å². The lowest BCUT2D eigenvalue weighted by atomic mass is 10.00. The number of likely N-dealkylation sites (tertiary alicyclic amines) is 1. The molecule has 1 saturated heterocycles. The summed E-state index contributed by atoms with van der Waals surface area (Å²) >= 11 is 0. The molecule has 12 heavy (non-hydrogen) atoms. The van der Waals surface area contributed by atoms with E-state index in [1.165, 1.54) is 0 Å². The molecule has 0 aromatic rings. The van der Waals surface area contributed by atoms with Crippen molar-refractivity contribution in [2.24, 2.45) is 11.7 Å². The molecule has 2 N–H and O–H groups in total. The minimum absolute atomic E-state index is 0.0714. The Balaban J connectivity index is 2.53. The molecule has 1 fully saturated rings. The fourth-order valence-corrected chi connectivity index (χ4v) is 1.34. The molecule has 1 aliphatic rings. The lowest BCUT2D eigenvalue weighted by molar-refractivity contribution is -0.115. The summed E-state index contributed by atoms with van der Waals surface area (Å²) in [4.78, 5) is 12.3. The van der Waals surface area contributed by atoms with Gasteiger partial charge in [-0.15, -0.1) is 0 Å². The molecule has 0 saturated carbocycles. The van der Waals surface area contributed by atoms with Crippen LogP contribution in [0.3, 0.4) is 0 Å². The van der Waals surface area contributed by atoms with Crippen LogP contribution in [0.2, 0.25) is 0 Å². The Kier molecular flexibility index (Phi) is 2.34. The van der Waals surface area contributed by atoms with Gasteiger partial charge in [0, 0.05) is 24.6 Å². The highest BCUT2D eigenvalue weighted by Gasteiger charge is 2.25. The smallest absolute Gasteiger partial charge is 0.244 e. The number of carbonyl (C=O) groups is 1. The second-order valence-electron chi connectivity index (χ2n) is 2.92. The SMILES string of the molecule is C=C(C(N)=O)[C@H]1CCN(C#N)C1. The minimum Gasteiger partial charge on any atom is -0.366 e. The van der Waals surface area contributed by atoms with Gasteiger partial charge in [0.2, 0.25) is 5.91 Å². The second-order valence-corrected chi connectivity index (χ2v) is 2.92. The Morgan fingerprint density at radius 2 is 2.42 bits per heavy atom. The fourth-order valence-electron chi connectivity index (χ4n) is 1.34. The summed E-state index contributed by atoms with van der Waals surface area (Å²) in [5.74, 6) is -0.387. The van der Waals surface area contributed by atoms with E-state index in [2.05, 4.69) is 6.58 Å². The zero-order valence-corrected chi connectivity index (χ0v) is 6.79. The van der Waals surface area contributed by atoms with Crippen molar-refractivity contribution in [2.75, 3.05) is 13.1 Å². The van der Waals surface area contributed by atoms with Gasteiger partial charge in [0.05, 0.1) is 0 Å². The van der Waals surface area contributed by atoms with E-state index in [0.29, 0.717) is 18.7 Å². The zero-order valence-electron chi connectivity index (χ0n) is 6.79. The van der Waals surface area contributed by atoms with Crippen molar-refractivity contribution in [3.63, 3.8) is 0 Å². The van der Waals surface area contributed by atoms with Gasteiger partial charge in [0.15, 0.2) is 6.19 Å². The van der Waals surface area contributed by atoms with E-state index < -0.39 is 5.91 Å². The molecule has 4 heteroatoms. The maximum Gasteiger partial charge on any atom is 0.244 e. The Morgan fingerprint density at radius 1 is 1.75 bits per heavy atom. The molecule has 1 rings (SSSR count). The van der Waals surface area contributed by atoms with Gasteiger partial charge in [-0.25, -0.2) is 0 Å². The van der Waals surface area contributed by atoms with Gasteiger partial charge in [-0.2, -0.15) is 5.26 Å². The summed E-state index contributed by atoms with van der Waals surface area (Å²) in [5.41, 5.74) is 5.50. The molecule has 0 aliphatic carbocycles. The minimum atomic E-state index is -0.459. The lowest BCUT2D eigenvalue weighted by Gasteiger charge is -2.09. The molecule has 1 atom stereocenters. The van der Waals surface area contributed by atoms with Crippen LogP contribution in [0, 0.1) is 17.4 Å². The highest BCUT2D eigenvalue weighted by atomic mass is 16.1. The summed E-state index contributed by atoms with van der Waals surface area (Å²) in [6.45, 7) is 4.88. The highest BCUT2D eigenvalue weighted by molar-refractivity contribution is 5.91. The fraction of sp³-hybridized carbons (Fsp3) is 0.500. The van der Waals surface area contributed by atoms with Crippen LogP contribution in [0.1, 0.15) is 6.42 Å². The first-order valence-electron chi connectivity index (χ1n) is 3.78. The summed E-state index contributed by atoms with van der Waals surface area (Å²) < 4.78 is 0. The van der Waals surface area contributed by atoms with Gasteiger partial charge in [-0.05, 0) is 6.42 Å². The molecule has 0 radical (unpaired) electrons. The van der Waals surface area contributed by atoms with Crippen LogP contribution in [0.5, 0.6) is 0 Å². The molecule has 0 unspecified atom stereocenters. The van der Waals surface area contributed by atoms with Crippen molar-refractivity contribution >= 4 is 5.91 Å². The molecule has 64 valence electrons. The molecule has 0 bridgehead atoms. The van der Waals surface area contributed by atoms with E-state index in [0.717, 1.165) is 6.42 Å². The number of hydrogen-bond donors (Lipinski definition) is 1. The van der Waals surface area contributed by atoms with E-state index in [9.17, 15) is 4.79 Å². The largest absolute Gasteiger partial charge is 0.366 e. The van der Waals surface area contributed by atoms with Gasteiger partial charge in [0.25, 0.3) is 0 Å². The summed E-state index contributed by atoms with van der Waals surface area (Å²) in [7, 11) is 0. The van der Waals surface area contributed by atoms with Crippen LogP contribution in [0.15, 0.2) is 12.2 Å². The third-order valence-corrected chi connectivity index (χ3v) is 2.14. The zero-order chi connectivity index (χ0) is 9.14. The third-order valence-electron chi connectivity index (χ3n) is 2.14. The molecular formula is C8H11N3O. The number of amides is 1. The maximum absolute atomic E-state index is 10.7. The molecule has 0 aromatic heterocycles. The first kappa shape index (κ1) is 8.60. The number of carbonyl (C=O) groups excluding carboxylic acids is 1. The van der Waals surface area contributed by atoms with Crippen LogP contribution in [0.4, 0.5) is 0 Å². The number of nitriles is 1. The summed E-state index contributed by atoms with van der Waals surface area (Å²) in [6, 6.07) is 0. The van der Waals surface area contributed by atoms with Gasteiger partial charge in [0.1, 0.15) is 0 Å². The van der Waals surface area contributed by atoms with Gasteiger partial charge in [-0.1, -0.05) is 6.58 Å². The summed E-state index contributed by atoms with van der Waals surface area (Å²) in [5, 5.41) is 8.53. The molecule has 1 aliphatic heterocycles. The number of rotatable bonds is 2. The van der Waals surface area contributed by atoms with E-state index in [1.54, 1.807) is 4.90 Å². The van der Waals surface area contributed by atoms with Gasteiger partial charge in [-0.3, -0.25) is 4.79 Å². The Morgan fingerprint density at radius 3 is 2.83 bits per heavy atom. The average molecular weight is 165 g/mol.